The van der Waals surface area contributed by atoms with Gasteiger partial charge in [0.15, 0.2) is 0 Å². The molecule has 1 N–H and O–H groups in total. The number of nitrogens with one attached hydrogen (secondary N) is 1. The maximum Gasteiger partial charge on any atom is 0.346 e. The minimum atomic E-state index is -1.00. The van der Waals surface area contributed by atoms with Gasteiger partial charge in [-0.15, -0.1) is 5.01 Å². The van der Waals surface area contributed by atoms with E-state index in [1.165, 1.54) is 6.07 Å². The maximum absolute atomic E-state index is 13.4. The molecule has 2 rings (SSSR count). The molecule has 0 unspecified atom stereocenters. The zero-order valence-corrected chi connectivity index (χ0v) is 11.0. The zero-order chi connectivity index (χ0) is 14.9. The van der Waals surface area contributed by atoms with Crippen molar-refractivity contribution in [1.82, 2.24) is 10.3 Å². The molecule has 1 aromatic carbocycles. The van der Waals surface area contributed by atoms with Gasteiger partial charge in [-0.25, -0.2) is 13.6 Å². The van der Waals surface area contributed by atoms with E-state index in [4.69, 9.17) is 0 Å². The van der Waals surface area contributed by atoms with E-state index in [1.54, 1.807) is 13.8 Å². The summed E-state index contributed by atoms with van der Waals surface area (Å²) in [5.41, 5.74) is -1.02. The lowest BCUT2D eigenvalue weighted by Crippen LogP contribution is -2.42. The number of hydrogen-bond acceptors (Lipinski definition) is 3. The molecular weight excluding hydrogens is 268 g/mol. The molecule has 0 aromatic heterocycles. The van der Waals surface area contributed by atoms with Gasteiger partial charge in [-0.2, -0.15) is 5.10 Å². The number of amides is 3. The van der Waals surface area contributed by atoms with E-state index in [1.807, 2.05) is 0 Å². The van der Waals surface area contributed by atoms with Gasteiger partial charge in [-0.1, -0.05) is 6.92 Å². The molecule has 1 fully saturated rings. The van der Waals surface area contributed by atoms with Crippen LogP contribution in [0, 0.1) is 11.6 Å². The third kappa shape index (κ3) is 2.38. The molecule has 0 radical (unpaired) electrons. The first kappa shape index (κ1) is 14.1. The highest BCUT2D eigenvalue weighted by molar-refractivity contribution is 6.07. The molecule has 0 saturated carbocycles. The number of imide groups is 1. The minimum Gasteiger partial charge on any atom is -0.322 e. The van der Waals surface area contributed by atoms with Crippen LogP contribution in [0.25, 0.3) is 0 Å². The fourth-order valence-corrected chi connectivity index (χ4v) is 1.74. The second-order valence-electron chi connectivity index (χ2n) is 4.64. The lowest BCUT2D eigenvalue weighted by molar-refractivity contribution is -0.130. The highest BCUT2D eigenvalue weighted by Gasteiger charge is 2.46. The van der Waals surface area contributed by atoms with Crippen LogP contribution in [0.4, 0.5) is 13.6 Å². The van der Waals surface area contributed by atoms with Crippen LogP contribution in [-0.4, -0.2) is 28.7 Å². The molecule has 1 aliphatic heterocycles. The van der Waals surface area contributed by atoms with E-state index in [-0.39, 0.29) is 5.56 Å². The van der Waals surface area contributed by atoms with Gasteiger partial charge in [0.1, 0.15) is 17.2 Å². The summed E-state index contributed by atoms with van der Waals surface area (Å²) in [6.07, 6.45) is 1.42. The van der Waals surface area contributed by atoms with Gasteiger partial charge >= 0.3 is 6.03 Å². The third-order valence-electron chi connectivity index (χ3n) is 3.22. The van der Waals surface area contributed by atoms with Crippen LogP contribution in [-0.2, 0) is 4.79 Å². The maximum atomic E-state index is 13.4. The predicted molar refractivity (Wildman–Crippen MR) is 68.0 cm³/mol. The fourth-order valence-electron chi connectivity index (χ4n) is 1.74. The van der Waals surface area contributed by atoms with Crippen LogP contribution in [0.2, 0.25) is 0 Å². The molecule has 1 aliphatic rings. The number of benzene rings is 1. The molecule has 1 atom stereocenters. The first-order valence-corrected chi connectivity index (χ1v) is 6.03. The lowest BCUT2D eigenvalue weighted by atomic mass is 10.00. The Morgan fingerprint density at radius 1 is 1.40 bits per heavy atom. The first-order valence-electron chi connectivity index (χ1n) is 6.03. The molecule has 1 heterocycles. The number of hydrogen-bond donors (Lipinski definition) is 1. The van der Waals surface area contributed by atoms with Crippen LogP contribution < -0.4 is 5.32 Å². The summed E-state index contributed by atoms with van der Waals surface area (Å²) in [6.45, 7) is 3.34. The monoisotopic (exact) mass is 281 g/mol. The molecule has 7 heteroatoms. The molecule has 1 aromatic rings. The summed E-state index contributed by atoms with van der Waals surface area (Å²) in [4.78, 5) is 23.7. The molecule has 20 heavy (non-hydrogen) atoms. The number of rotatable bonds is 3. The second kappa shape index (κ2) is 4.99. The van der Waals surface area contributed by atoms with E-state index in [0.29, 0.717) is 17.5 Å². The standard InChI is InChI=1S/C13H13F2N3O2/c1-3-13(2)11(19)18(12(20)17-13)16-7-8-4-5-9(14)6-10(8)15/h4-7H,3H2,1-2H3,(H,17,20)/b16-7-/t13-/m0/s1. The molecule has 5 nitrogen and oxygen atoms in total. The highest BCUT2D eigenvalue weighted by atomic mass is 19.1. The first-order chi connectivity index (χ1) is 9.37. The Kier molecular flexibility index (Phi) is 3.52. The molecule has 106 valence electrons. The zero-order valence-electron chi connectivity index (χ0n) is 11.0. The molecule has 0 spiro atoms. The Morgan fingerprint density at radius 2 is 2.10 bits per heavy atom. The highest BCUT2D eigenvalue weighted by Crippen LogP contribution is 2.21. The molecule has 0 bridgehead atoms. The Labute approximate surface area is 114 Å². The topological polar surface area (TPSA) is 61.8 Å². The summed E-state index contributed by atoms with van der Waals surface area (Å²) >= 11 is 0. The van der Waals surface area contributed by atoms with Crippen molar-refractivity contribution in [3.8, 4) is 0 Å². The normalized spacial score (nSPS) is 22.7. The van der Waals surface area contributed by atoms with Gasteiger partial charge in [-0.05, 0) is 25.5 Å². The van der Waals surface area contributed by atoms with Crippen molar-refractivity contribution in [1.29, 1.82) is 0 Å². The Bertz CT molecular complexity index is 603. The van der Waals surface area contributed by atoms with E-state index in [9.17, 15) is 18.4 Å². The summed E-state index contributed by atoms with van der Waals surface area (Å²) in [5, 5.41) is 6.83. The van der Waals surface area contributed by atoms with Crippen LogP contribution in [0.3, 0.4) is 0 Å². The lowest BCUT2D eigenvalue weighted by Gasteiger charge is -2.17. The second-order valence-corrected chi connectivity index (χ2v) is 4.64. The van der Waals surface area contributed by atoms with Crippen molar-refractivity contribution < 1.29 is 18.4 Å². The van der Waals surface area contributed by atoms with Gasteiger partial charge in [-0.3, -0.25) is 4.79 Å². The van der Waals surface area contributed by atoms with Crippen molar-refractivity contribution in [2.75, 3.05) is 0 Å². The van der Waals surface area contributed by atoms with Crippen molar-refractivity contribution in [3.05, 3.63) is 35.4 Å². The van der Waals surface area contributed by atoms with Gasteiger partial charge in [0.2, 0.25) is 0 Å². The van der Waals surface area contributed by atoms with Gasteiger partial charge in [0.05, 0.1) is 6.21 Å². The SMILES string of the molecule is CC[C@]1(C)NC(=O)N(/N=C\c2ccc(F)cc2F)C1=O. The number of hydrazone groups is 1. The van der Waals surface area contributed by atoms with E-state index in [2.05, 4.69) is 10.4 Å². The van der Waals surface area contributed by atoms with Crippen molar-refractivity contribution in [3.63, 3.8) is 0 Å². The number of nitrogens with zero attached hydrogens (tertiary/aromatic N) is 2. The fraction of sp³-hybridized carbons (Fsp3) is 0.308. The Morgan fingerprint density at radius 3 is 2.65 bits per heavy atom. The van der Waals surface area contributed by atoms with Gasteiger partial charge < -0.3 is 5.32 Å². The average Bonchev–Trinajstić information content (AvgIpc) is 2.61. The van der Waals surface area contributed by atoms with Crippen LogP contribution in [0.5, 0.6) is 0 Å². The number of halogens is 2. The predicted octanol–water partition coefficient (Wildman–Crippen LogP) is 2.02. The number of carbonyl (C=O) groups excluding carboxylic acids is 2. The number of carbonyl (C=O) groups is 2. The van der Waals surface area contributed by atoms with E-state index in [0.717, 1.165) is 12.3 Å². The van der Waals surface area contributed by atoms with Crippen LogP contribution in [0.15, 0.2) is 23.3 Å². The summed E-state index contributed by atoms with van der Waals surface area (Å²) < 4.78 is 26.1. The van der Waals surface area contributed by atoms with Gasteiger partial charge in [0, 0.05) is 11.6 Å². The third-order valence-corrected chi connectivity index (χ3v) is 3.22. The molecule has 0 aliphatic carbocycles. The van der Waals surface area contributed by atoms with E-state index < -0.39 is 29.1 Å². The van der Waals surface area contributed by atoms with Gasteiger partial charge in [0.25, 0.3) is 5.91 Å². The Balaban J connectivity index is 2.24. The number of urea groups is 1. The van der Waals surface area contributed by atoms with Crippen molar-refractivity contribution >= 4 is 18.2 Å². The summed E-state index contributed by atoms with van der Waals surface area (Å²) in [7, 11) is 0. The summed E-state index contributed by atoms with van der Waals surface area (Å²) in [6, 6.07) is 2.26. The van der Waals surface area contributed by atoms with Crippen molar-refractivity contribution in [2.24, 2.45) is 5.10 Å². The molecular formula is C13H13F2N3O2. The van der Waals surface area contributed by atoms with Crippen LogP contribution >= 0.6 is 0 Å². The van der Waals surface area contributed by atoms with Crippen molar-refractivity contribution in [2.45, 2.75) is 25.8 Å². The quantitative estimate of drug-likeness (QED) is 0.680. The largest absolute Gasteiger partial charge is 0.346 e. The average molecular weight is 281 g/mol. The van der Waals surface area contributed by atoms with E-state index >= 15 is 0 Å². The summed E-state index contributed by atoms with van der Waals surface area (Å²) in [5.74, 6) is -2.05. The molecule has 1 saturated heterocycles. The van der Waals surface area contributed by atoms with Crippen LogP contribution in [0.1, 0.15) is 25.8 Å². The smallest absolute Gasteiger partial charge is 0.322 e. The minimum absolute atomic E-state index is 0.0166. The Hall–Kier alpha value is -2.31. The molecule has 3 amide bonds.